The number of nitrogens with zero attached hydrogens (tertiary/aromatic N) is 1. The second-order valence-corrected chi connectivity index (χ2v) is 8.85. The molecule has 32 heavy (non-hydrogen) atoms. The molecule has 2 amide bonds. The Balaban J connectivity index is 1.70. The van der Waals surface area contributed by atoms with Gasteiger partial charge in [0.25, 0.3) is 5.91 Å². The van der Waals surface area contributed by atoms with Gasteiger partial charge in [-0.3, -0.25) is 14.5 Å². The third-order valence-electron chi connectivity index (χ3n) is 6.05. The third-order valence-corrected chi connectivity index (χ3v) is 6.05. The van der Waals surface area contributed by atoms with Gasteiger partial charge in [0.2, 0.25) is 5.91 Å². The van der Waals surface area contributed by atoms with Crippen LogP contribution in [0.1, 0.15) is 54.2 Å². The zero-order chi connectivity index (χ0) is 23.1. The maximum Gasteiger partial charge on any atom is 0.251 e. The van der Waals surface area contributed by atoms with Crippen LogP contribution in [0.2, 0.25) is 0 Å². The van der Waals surface area contributed by atoms with Crippen LogP contribution < -0.4 is 15.4 Å². The molecule has 0 aromatic heterocycles. The minimum Gasteiger partial charge on any atom is -0.497 e. The van der Waals surface area contributed by atoms with E-state index in [9.17, 15) is 9.59 Å². The normalized spacial score (nSPS) is 15.9. The van der Waals surface area contributed by atoms with Crippen molar-refractivity contribution in [1.82, 2.24) is 15.5 Å². The van der Waals surface area contributed by atoms with Gasteiger partial charge in [0.05, 0.1) is 13.2 Å². The maximum atomic E-state index is 13.1. The van der Waals surface area contributed by atoms with E-state index in [0.29, 0.717) is 12.1 Å². The zero-order valence-electron chi connectivity index (χ0n) is 19.6. The number of carbonyl (C=O) groups is 2. The standard InChI is InChI=1S/C26H35N3O3/c1-18(2)24(28-25(30)21-11-7-9-19(3)15-21)26(31)27-17-23(29-13-5-6-14-29)20-10-8-12-22(16-20)32-4/h7-12,15-16,18,23-24H,5-6,13-14,17H2,1-4H3,(H,27,31)(H,28,30). The minimum absolute atomic E-state index is 0.0363. The van der Waals surface area contributed by atoms with Gasteiger partial charge in [-0.1, -0.05) is 43.7 Å². The van der Waals surface area contributed by atoms with Crippen LogP contribution in [0, 0.1) is 12.8 Å². The van der Waals surface area contributed by atoms with Crippen LogP contribution in [0.25, 0.3) is 0 Å². The molecule has 1 fully saturated rings. The summed E-state index contributed by atoms with van der Waals surface area (Å²) in [7, 11) is 1.66. The van der Waals surface area contributed by atoms with Crippen molar-refractivity contribution < 1.29 is 14.3 Å². The van der Waals surface area contributed by atoms with Crippen LogP contribution in [0.5, 0.6) is 5.75 Å². The Hall–Kier alpha value is -2.86. The minimum atomic E-state index is -0.604. The van der Waals surface area contributed by atoms with Crippen molar-refractivity contribution in [3.63, 3.8) is 0 Å². The van der Waals surface area contributed by atoms with Crippen molar-refractivity contribution in [2.45, 2.75) is 45.7 Å². The lowest BCUT2D eigenvalue weighted by atomic mass is 10.0. The van der Waals surface area contributed by atoms with Crippen molar-refractivity contribution in [1.29, 1.82) is 0 Å². The number of nitrogens with one attached hydrogen (secondary N) is 2. The molecule has 0 saturated carbocycles. The molecule has 6 heteroatoms. The fourth-order valence-electron chi connectivity index (χ4n) is 4.21. The predicted molar refractivity (Wildman–Crippen MR) is 127 cm³/mol. The number of methoxy groups -OCH3 is 1. The molecular weight excluding hydrogens is 402 g/mol. The van der Waals surface area contributed by atoms with Gasteiger partial charge < -0.3 is 15.4 Å². The van der Waals surface area contributed by atoms with E-state index in [4.69, 9.17) is 4.74 Å². The average Bonchev–Trinajstić information content (AvgIpc) is 3.31. The van der Waals surface area contributed by atoms with E-state index in [1.807, 2.05) is 57.2 Å². The summed E-state index contributed by atoms with van der Waals surface area (Å²) < 4.78 is 5.40. The average molecular weight is 438 g/mol. The van der Waals surface area contributed by atoms with Crippen molar-refractivity contribution in [2.24, 2.45) is 5.92 Å². The SMILES string of the molecule is COc1cccc(C(CNC(=O)C(NC(=O)c2cccc(C)c2)C(C)C)N2CCCC2)c1. The third kappa shape index (κ3) is 6.10. The highest BCUT2D eigenvalue weighted by atomic mass is 16.5. The monoisotopic (exact) mass is 437 g/mol. The molecule has 6 nitrogen and oxygen atoms in total. The number of amides is 2. The van der Waals surface area contributed by atoms with Gasteiger partial charge in [-0.2, -0.15) is 0 Å². The number of benzene rings is 2. The van der Waals surface area contributed by atoms with Gasteiger partial charge in [0.1, 0.15) is 11.8 Å². The van der Waals surface area contributed by atoms with E-state index in [2.05, 4.69) is 21.6 Å². The first kappa shape index (κ1) is 23.8. The Labute approximate surface area is 191 Å². The summed E-state index contributed by atoms with van der Waals surface area (Å²) in [6.45, 7) is 8.34. The maximum absolute atomic E-state index is 13.1. The van der Waals surface area contributed by atoms with Crippen LogP contribution in [0.15, 0.2) is 48.5 Å². The molecule has 1 aliphatic heterocycles. The number of hydrogen-bond acceptors (Lipinski definition) is 4. The van der Waals surface area contributed by atoms with Gasteiger partial charge >= 0.3 is 0 Å². The molecule has 1 heterocycles. The van der Waals surface area contributed by atoms with E-state index in [1.165, 1.54) is 0 Å². The van der Waals surface area contributed by atoms with Gasteiger partial charge in [-0.05, 0) is 68.6 Å². The van der Waals surface area contributed by atoms with E-state index < -0.39 is 6.04 Å². The molecule has 0 aliphatic carbocycles. The second kappa shape index (κ2) is 11.1. The highest BCUT2D eigenvalue weighted by Crippen LogP contribution is 2.27. The lowest BCUT2D eigenvalue weighted by Gasteiger charge is -2.30. The largest absolute Gasteiger partial charge is 0.497 e. The van der Waals surface area contributed by atoms with Crippen LogP contribution in [0.3, 0.4) is 0 Å². The summed E-state index contributed by atoms with van der Waals surface area (Å²) >= 11 is 0. The lowest BCUT2D eigenvalue weighted by molar-refractivity contribution is -0.124. The molecule has 172 valence electrons. The Morgan fingerprint density at radius 2 is 1.78 bits per heavy atom. The van der Waals surface area contributed by atoms with Crippen LogP contribution in [-0.2, 0) is 4.79 Å². The highest BCUT2D eigenvalue weighted by Gasteiger charge is 2.28. The molecule has 1 aliphatic rings. The molecule has 2 aromatic carbocycles. The Kier molecular flexibility index (Phi) is 8.28. The summed E-state index contributed by atoms with van der Waals surface area (Å²) in [5.74, 6) is 0.383. The zero-order valence-corrected chi connectivity index (χ0v) is 19.6. The molecule has 0 spiro atoms. The van der Waals surface area contributed by atoms with E-state index >= 15 is 0 Å². The highest BCUT2D eigenvalue weighted by molar-refractivity contribution is 5.97. The fraction of sp³-hybridized carbons (Fsp3) is 0.462. The van der Waals surface area contributed by atoms with Crippen molar-refractivity contribution in [3.05, 3.63) is 65.2 Å². The van der Waals surface area contributed by atoms with Gasteiger partial charge in [-0.25, -0.2) is 0 Å². The molecule has 2 atom stereocenters. The molecule has 2 unspecified atom stereocenters. The number of likely N-dealkylation sites (tertiary alicyclic amines) is 1. The first-order chi connectivity index (χ1) is 15.4. The number of hydrogen-bond donors (Lipinski definition) is 2. The van der Waals surface area contributed by atoms with Crippen molar-refractivity contribution in [2.75, 3.05) is 26.7 Å². The number of aryl methyl sites for hydroxylation is 1. The number of rotatable bonds is 9. The molecule has 2 N–H and O–H groups in total. The van der Waals surface area contributed by atoms with Gasteiger partial charge in [0.15, 0.2) is 0 Å². The van der Waals surface area contributed by atoms with Crippen LogP contribution in [0.4, 0.5) is 0 Å². The number of carbonyl (C=O) groups excluding carboxylic acids is 2. The molecule has 3 rings (SSSR count). The van der Waals surface area contributed by atoms with E-state index in [0.717, 1.165) is 42.8 Å². The molecular formula is C26H35N3O3. The Bertz CT molecular complexity index is 922. The van der Waals surface area contributed by atoms with Gasteiger partial charge in [0, 0.05) is 12.1 Å². The van der Waals surface area contributed by atoms with Crippen molar-refractivity contribution in [3.8, 4) is 5.75 Å². The Morgan fingerprint density at radius 3 is 2.44 bits per heavy atom. The lowest BCUT2D eigenvalue weighted by Crippen LogP contribution is -2.51. The summed E-state index contributed by atoms with van der Waals surface area (Å²) in [5.41, 5.74) is 2.70. The molecule has 0 bridgehead atoms. The summed E-state index contributed by atoms with van der Waals surface area (Å²) in [6.07, 6.45) is 2.32. The second-order valence-electron chi connectivity index (χ2n) is 8.85. The molecule has 1 saturated heterocycles. The molecule has 2 aromatic rings. The Morgan fingerprint density at radius 1 is 1.06 bits per heavy atom. The van der Waals surface area contributed by atoms with E-state index in [-0.39, 0.29) is 23.8 Å². The van der Waals surface area contributed by atoms with Crippen LogP contribution >= 0.6 is 0 Å². The smallest absolute Gasteiger partial charge is 0.251 e. The summed E-state index contributed by atoms with van der Waals surface area (Å²) in [5, 5.41) is 6.04. The van der Waals surface area contributed by atoms with Gasteiger partial charge in [-0.15, -0.1) is 0 Å². The first-order valence-corrected chi connectivity index (χ1v) is 11.4. The fourth-order valence-corrected chi connectivity index (χ4v) is 4.21. The topological polar surface area (TPSA) is 70.7 Å². The summed E-state index contributed by atoms with van der Waals surface area (Å²) in [4.78, 5) is 28.3. The van der Waals surface area contributed by atoms with E-state index in [1.54, 1.807) is 13.2 Å². The molecule has 0 radical (unpaired) electrons. The van der Waals surface area contributed by atoms with Crippen molar-refractivity contribution >= 4 is 11.8 Å². The summed E-state index contributed by atoms with van der Waals surface area (Å²) in [6, 6.07) is 14.9. The number of ether oxygens (including phenoxy) is 1. The quantitative estimate of drug-likeness (QED) is 0.627. The van der Waals surface area contributed by atoms with Crippen LogP contribution in [-0.4, -0.2) is 49.5 Å². The predicted octanol–water partition coefficient (Wildman–Crippen LogP) is 3.71. The first-order valence-electron chi connectivity index (χ1n) is 11.4.